The molecular weight excluding hydrogens is 252 g/mol. The second-order valence-corrected chi connectivity index (χ2v) is 4.77. The number of carbonyl (C=O) groups excluding carboxylic acids is 1. The third-order valence-corrected chi connectivity index (χ3v) is 3.34. The van der Waals surface area contributed by atoms with Gasteiger partial charge in [-0.3, -0.25) is 9.48 Å². The Hall–Kier alpha value is -2.10. The smallest absolute Gasteiger partial charge is 0.327 e. The summed E-state index contributed by atoms with van der Waals surface area (Å²) in [6.07, 6.45) is 0.835. The number of hydrogen-bond acceptors (Lipinski definition) is 3. The fraction of sp³-hybridized carbons (Fsp3) is 0.375. The molecule has 4 heteroatoms. The van der Waals surface area contributed by atoms with E-state index in [0.29, 0.717) is 6.61 Å². The molecule has 0 aliphatic rings. The van der Waals surface area contributed by atoms with Gasteiger partial charge in [0.2, 0.25) is 0 Å². The SMILES string of the molecule is CCOC(=O)Cn1nc(C)c(Cc2ccccc2)c1C. The maximum atomic E-state index is 11.6. The lowest BCUT2D eigenvalue weighted by Crippen LogP contribution is -2.15. The summed E-state index contributed by atoms with van der Waals surface area (Å²) in [7, 11) is 0. The van der Waals surface area contributed by atoms with Crippen molar-refractivity contribution in [2.75, 3.05) is 6.61 Å². The maximum absolute atomic E-state index is 11.6. The van der Waals surface area contributed by atoms with Crippen LogP contribution in [-0.2, 0) is 22.5 Å². The summed E-state index contributed by atoms with van der Waals surface area (Å²) in [5.74, 6) is -0.246. The Balaban J connectivity index is 2.18. The zero-order valence-electron chi connectivity index (χ0n) is 12.2. The van der Waals surface area contributed by atoms with Crippen LogP contribution in [0.25, 0.3) is 0 Å². The van der Waals surface area contributed by atoms with Crippen LogP contribution in [0.4, 0.5) is 0 Å². The number of nitrogens with zero attached hydrogens (tertiary/aromatic N) is 2. The summed E-state index contributed by atoms with van der Waals surface area (Å²) in [6, 6.07) is 10.3. The molecule has 1 aromatic carbocycles. The monoisotopic (exact) mass is 272 g/mol. The van der Waals surface area contributed by atoms with Gasteiger partial charge in [-0.2, -0.15) is 5.10 Å². The summed E-state index contributed by atoms with van der Waals surface area (Å²) in [4.78, 5) is 11.6. The molecule has 20 heavy (non-hydrogen) atoms. The lowest BCUT2D eigenvalue weighted by atomic mass is 10.0. The molecule has 4 nitrogen and oxygen atoms in total. The van der Waals surface area contributed by atoms with Crippen molar-refractivity contribution in [3.63, 3.8) is 0 Å². The van der Waals surface area contributed by atoms with E-state index in [1.54, 1.807) is 11.6 Å². The number of ether oxygens (including phenoxy) is 1. The Morgan fingerprint density at radius 1 is 1.25 bits per heavy atom. The zero-order chi connectivity index (χ0) is 14.5. The number of esters is 1. The fourth-order valence-electron chi connectivity index (χ4n) is 2.27. The largest absolute Gasteiger partial charge is 0.465 e. The Bertz CT molecular complexity index is 588. The minimum Gasteiger partial charge on any atom is -0.465 e. The van der Waals surface area contributed by atoms with Crippen LogP contribution in [0.1, 0.15) is 29.4 Å². The predicted molar refractivity (Wildman–Crippen MR) is 77.6 cm³/mol. The van der Waals surface area contributed by atoms with E-state index in [4.69, 9.17) is 4.74 Å². The number of benzene rings is 1. The van der Waals surface area contributed by atoms with E-state index in [1.165, 1.54) is 11.1 Å². The first-order valence-corrected chi connectivity index (χ1v) is 6.84. The predicted octanol–water partition coefficient (Wildman–Crippen LogP) is 2.65. The first-order valence-electron chi connectivity index (χ1n) is 6.84. The van der Waals surface area contributed by atoms with E-state index < -0.39 is 0 Å². The molecule has 1 aromatic heterocycles. The van der Waals surface area contributed by atoms with Crippen molar-refractivity contribution in [3.8, 4) is 0 Å². The lowest BCUT2D eigenvalue weighted by molar-refractivity contribution is -0.144. The topological polar surface area (TPSA) is 44.1 Å². The first kappa shape index (κ1) is 14.3. The van der Waals surface area contributed by atoms with Crippen molar-refractivity contribution < 1.29 is 9.53 Å². The normalized spacial score (nSPS) is 10.6. The van der Waals surface area contributed by atoms with Crippen molar-refractivity contribution in [1.29, 1.82) is 0 Å². The van der Waals surface area contributed by atoms with Crippen molar-refractivity contribution in [3.05, 3.63) is 52.8 Å². The standard InChI is InChI=1S/C16H20N2O2/c1-4-20-16(19)11-18-13(3)15(12(2)17-18)10-14-8-6-5-7-9-14/h5-9H,4,10-11H2,1-3H3. The average molecular weight is 272 g/mol. The summed E-state index contributed by atoms with van der Waals surface area (Å²) in [5, 5.41) is 4.44. The fourth-order valence-corrected chi connectivity index (χ4v) is 2.27. The molecule has 0 atom stereocenters. The molecule has 0 radical (unpaired) electrons. The third kappa shape index (κ3) is 3.26. The van der Waals surface area contributed by atoms with E-state index in [0.717, 1.165) is 17.8 Å². The van der Waals surface area contributed by atoms with Gasteiger partial charge >= 0.3 is 5.97 Å². The maximum Gasteiger partial charge on any atom is 0.327 e. The lowest BCUT2D eigenvalue weighted by Gasteiger charge is -2.05. The van der Waals surface area contributed by atoms with Crippen molar-refractivity contribution in [2.24, 2.45) is 0 Å². The van der Waals surface area contributed by atoms with E-state index in [1.807, 2.05) is 32.0 Å². The number of carbonyl (C=O) groups is 1. The van der Waals surface area contributed by atoms with Crippen molar-refractivity contribution in [2.45, 2.75) is 33.7 Å². The third-order valence-electron chi connectivity index (χ3n) is 3.34. The van der Waals surface area contributed by atoms with Gasteiger partial charge in [-0.15, -0.1) is 0 Å². The van der Waals surface area contributed by atoms with E-state index in [9.17, 15) is 4.79 Å². The molecule has 0 unspecified atom stereocenters. The van der Waals surface area contributed by atoms with Gasteiger partial charge in [0.25, 0.3) is 0 Å². The molecule has 0 N–H and O–H groups in total. The van der Waals surface area contributed by atoms with E-state index >= 15 is 0 Å². The quantitative estimate of drug-likeness (QED) is 0.786. The molecule has 2 aromatic rings. The minimum absolute atomic E-state index is 0.176. The van der Waals surface area contributed by atoms with Gasteiger partial charge in [-0.1, -0.05) is 30.3 Å². The Kier molecular flexibility index (Phi) is 4.56. The van der Waals surface area contributed by atoms with Gasteiger partial charge in [0.1, 0.15) is 6.54 Å². The van der Waals surface area contributed by atoms with E-state index in [-0.39, 0.29) is 12.5 Å². The number of aromatic nitrogens is 2. The second kappa shape index (κ2) is 6.37. The molecule has 0 bridgehead atoms. The molecule has 0 fully saturated rings. The van der Waals surface area contributed by atoms with Gasteiger partial charge in [-0.25, -0.2) is 0 Å². The van der Waals surface area contributed by atoms with Crippen LogP contribution in [0.5, 0.6) is 0 Å². The summed E-state index contributed by atoms with van der Waals surface area (Å²) in [5.41, 5.74) is 4.42. The highest BCUT2D eigenvalue weighted by atomic mass is 16.5. The van der Waals surface area contributed by atoms with Crippen LogP contribution in [0.3, 0.4) is 0 Å². The highest BCUT2D eigenvalue weighted by Gasteiger charge is 2.14. The Labute approximate surface area is 119 Å². The number of rotatable bonds is 5. The molecular formula is C16H20N2O2. The summed E-state index contributed by atoms with van der Waals surface area (Å²) < 4.78 is 6.70. The molecule has 0 spiro atoms. The Morgan fingerprint density at radius 3 is 2.60 bits per heavy atom. The molecule has 0 saturated heterocycles. The summed E-state index contributed by atoms with van der Waals surface area (Å²) >= 11 is 0. The average Bonchev–Trinajstić information content (AvgIpc) is 2.68. The van der Waals surface area contributed by atoms with Gasteiger partial charge in [0, 0.05) is 17.7 Å². The van der Waals surface area contributed by atoms with Crippen LogP contribution in [-0.4, -0.2) is 22.4 Å². The van der Waals surface area contributed by atoms with Gasteiger partial charge in [-0.05, 0) is 26.3 Å². The van der Waals surface area contributed by atoms with Gasteiger partial charge in [0.15, 0.2) is 0 Å². The number of aryl methyl sites for hydroxylation is 1. The highest BCUT2D eigenvalue weighted by molar-refractivity contribution is 5.69. The Morgan fingerprint density at radius 2 is 1.95 bits per heavy atom. The number of hydrogen-bond donors (Lipinski definition) is 0. The first-order chi connectivity index (χ1) is 9.61. The van der Waals surface area contributed by atoms with Crippen LogP contribution in [0.15, 0.2) is 30.3 Å². The molecule has 0 saturated carbocycles. The molecule has 0 aliphatic carbocycles. The van der Waals surface area contributed by atoms with Crippen LogP contribution < -0.4 is 0 Å². The van der Waals surface area contributed by atoms with Crippen LogP contribution >= 0.6 is 0 Å². The van der Waals surface area contributed by atoms with Gasteiger partial charge in [0.05, 0.1) is 12.3 Å². The van der Waals surface area contributed by atoms with Crippen molar-refractivity contribution >= 4 is 5.97 Å². The van der Waals surface area contributed by atoms with Crippen molar-refractivity contribution in [1.82, 2.24) is 9.78 Å². The van der Waals surface area contributed by atoms with Crippen LogP contribution in [0.2, 0.25) is 0 Å². The molecule has 0 aliphatic heterocycles. The minimum atomic E-state index is -0.246. The summed E-state index contributed by atoms with van der Waals surface area (Å²) in [6.45, 7) is 6.36. The van der Waals surface area contributed by atoms with Crippen LogP contribution in [0, 0.1) is 13.8 Å². The molecule has 0 amide bonds. The molecule has 2 rings (SSSR count). The van der Waals surface area contributed by atoms with E-state index in [2.05, 4.69) is 17.2 Å². The highest BCUT2D eigenvalue weighted by Crippen LogP contribution is 2.17. The zero-order valence-corrected chi connectivity index (χ0v) is 12.2. The molecule has 106 valence electrons. The van der Waals surface area contributed by atoms with Gasteiger partial charge < -0.3 is 4.74 Å². The second-order valence-electron chi connectivity index (χ2n) is 4.77. The molecule has 1 heterocycles.